The van der Waals surface area contributed by atoms with E-state index in [4.69, 9.17) is 18.9 Å². The average molecular weight is 683 g/mol. The molecule has 2 heterocycles. The molecule has 13 heteroatoms. The van der Waals surface area contributed by atoms with Crippen molar-refractivity contribution in [3.63, 3.8) is 0 Å². The molecule has 1 saturated carbocycles. The van der Waals surface area contributed by atoms with Gasteiger partial charge in [0.15, 0.2) is 5.69 Å². The predicted molar refractivity (Wildman–Crippen MR) is 177 cm³/mol. The summed E-state index contributed by atoms with van der Waals surface area (Å²) in [6, 6.07) is 2.36. The molecule has 0 radical (unpaired) electrons. The van der Waals surface area contributed by atoms with E-state index in [0.29, 0.717) is 30.1 Å². The molecule has 0 spiro atoms. The van der Waals surface area contributed by atoms with Gasteiger partial charge in [-0.05, 0) is 54.7 Å². The fourth-order valence-corrected chi connectivity index (χ4v) is 6.90. The normalized spacial score (nSPS) is 25.2. The zero-order chi connectivity index (χ0) is 35.7. The van der Waals surface area contributed by atoms with Gasteiger partial charge in [0.2, 0.25) is 11.8 Å². The van der Waals surface area contributed by atoms with Gasteiger partial charge in [0, 0.05) is 18.4 Å². The smallest absolute Gasteiger partial charge is 0.408 e. The number of amides is 2. The van der Waals surface area contributed by atoms with E-state index in [-0.39, 0.29) is 36.0 Å². The first kappa shape index (κ1) is 35.7. The van der Waals surface area contributed by atoms with Crippen LogP contribution in [0.2, 0.25) is 0 Å². The number of hydrogen-bond acceptors (Lipinski definition) is 9. The van der Waals surface area contributed by atoms with Crippen molar-refractivity contribution >= 4 is 29.0 Å². The number of likely N-dealkylation sites (tertiary alicyclic amines) is 1. The summed E-state index contributed by atoms with van der Waals surface area (Å²) < 4.78 is 52.3. The van der Waals surface area contributed by atoms with Crippen molar-refractivity contribution in [2.75, 3.05) is 20.8 Å². The van der Waals surface area contributed by atoms with Crippen molar-refractivity contribution < 1.29 is 42.1 Å². The minimum Gasteiger partial charge on any atom is -0.497 e. The van der Waals surface area contributed by atoms with Crippen molar-refractivity contribution in [3.8, 4) is 11.6 Å². The Balaban J connectivity index is 1.37. The van der Waals surface area contributed by atoms with Gasteiger partial charge in [-0.15, -0.1) is 6.58 Å². The highest BCUT2D eigenvalue weighted by Crippen LogP contribution is 2.48. The highest BCUT2D eigenvalue weighted by molar-refractivity contribution is 5.91. The second-order valence-corrected chi connectivity index (χ2v) is 13.8. The lowest BCUT2D eigenvalue weighted by atomic mass is 9.79. The topological polar surface area (TPSA) is 129 Å². The average Bonchev–Trinajstić information content (AvgIpc) is 3.57. The second kappa shape index (κ2) is 14.1. The van der Waals surface area contributed by atoms with E-state index in [2.05, 4.69) is 40.6 Å². The van der Waals surface area contributed by atoms with Crippen LogP contribution >= 0.6 is 0 Å². The predicted octanol–water partition coefficient (Wildman–Crippen LogP) is 5.74. The van der Waals surface area contributed by atoms with Crippen molar-refractivity contribution in [2.45, 2.75) is 76.7 Å². The van der Waals surface area contributed by atoms with E-state index < -0.39 is 59.1 Å². The molecular weight excluding hydrogens is 638 g/mol. The molecule has 1 aromatic carbocycles. The molecule has 2 aromatic rings. The number of alkyl carbamates (subject to hydrolysis) is 1. The maximum absolute atomic E-state index is 15.1. The van der Waals surface area contributed by atoms with Gasteiger partial charge in [-0.1, -0.05) is 45.6 Å². The van der Waals surface area contributed by atoms with E-state index in [1.807, 2.05) is 6.08 Å². The van der Waals surface area contributed by atoms with Crippen LogP contribution in [0, 0.1) is 23.2 Å². The zero-order valence-electron chi connectivity index (χ0n) is 28.5. The molecule has 0 bridgehead atoms. The largest absolute Gasteiger partial charge is 0.497 e. The Hall–Kier alpha value is -4.55. The Morgan fingerprint density at radius 1 is 1.10 bits per heavy atom. The van der Waals surface area contributed by atoms with E-state index in [9.17, 15) is 14.4 Å². The lowest BCUT2D eigenvalue weighted by Crippen LogP contribution is -2.57. The van der Waals surface area contributed by atoms with Crippen molar-refractivity contribution in [1.29, 1.82) is 0 Å². The first-order chi connectivity index (χ1) is 23.2. The number of halogens is 2. The summed E-state index contributed by atoms with van der Waals surface area (Å²) in [4.78, 5) is 50.3. The van der Waals surface area contributed by atoms with Crippen molar-refractivity contribution in [2.24, 2.45) is 23.2 Å². The Morgan fingerprint density at radius 3 is 2.47 bits per heavy atom. The molecule has 1 aliphatic heterocycles. The number of esters is 1. The fourth-order valence-electron chi connectivity index (χ4n) is 6.90. The van der Waals surface area contributed by atoms with E-state index in [1.54, 1.807) is 26.8 Å². The van der Waals surface area contributed by atoms with E-state index in [1.165, 1.54) is 31.3 Å². The minimum absolute atomic E-state index is 0.0838. The second-order valence-electron chi connectivity index (χ2n) is 13.8. The molecule has 11 nitrogen and oxygen atoms in total. The lowest BCUT2D eigenvalue weighted by molar-refractivity contribution is -0.152. The van der Waals surface area contributed by atoms with Gasteiger partial charge in [-0.2, -0.15) is 8.78 Å². The standard InChI is InChI=1S/C36H44F2N4O7/c1-8-10-11-24-23-14-12-20(23)16-28(24)49-34(45)41-30(35(3,4)5)32(43)42-19-22(18-27(42)33(44)47-7)48-31-29(36(37,38)9-2)39-25-15-13-21(46-6)17-26(25)40-31/h8-9,12-15,17,20,22-24,27-28,30H,1-2,10-11,16,18-19H2,3-7H3,(H,41,45). The lowest BCUT2D eigenvalue weighted by Gasteiger charge is -2.35. The van der Waals surface area contributed by atoms with E-state index >= 15 is 8.78 Å². The molecule has 1 N–H and O–H groups in total. The molecule has 5 rings (SSSR count). The number of rotatable bonds is 12. The third kappa shape index (κ3) is 7.40. The van der Waals surface area contributed by atoms with Crippen LogP contribution < -0.4 is 14.8 Å². The summed E-state index contributed by atoms with van der Waals surface area (Å²) in [6.07, 6.45) is 6.82. The number of alkyl halides is 2. The number of carbonyl (C=O) groups is 3. The van der Waals surface area contributed by atoms with Crippen molar-refractivity contribution in [1.82, 2.24) is 20.2 Å². The van der Waals surface area contributed by atoms with Crippen LogP contribution in [0.5, 0.6) is 11.6 Å². The number of benzene rings is 1. The van der Waals surface area contributed by atoms with Crippen LogP contribution in [0.25, 0.3) is 11.0 Å². The summed E-state index contributed by atoms with van der Waals surface area (Å²) >= 11 is 0. The minimum atomic E-state index is -3.60. The Morgan fingerprint density at radius 2 is 1.86 bits per heavy atom. The molecule has 49 heavy (non-hydrogen) atoms. The van der Waals surface area contributed by atoms with Gasteiger partial charge in [0.05, 0.1) is 31.8 Å². The van der Waals surface area contributed by atoms with Gasteiger partial charge in [0.25, 0.3) is 0 Å². The number of ether oxygens (including phenoxy) is 4. The molecule has 1 aromatic heterocycles. The van der Waals surface area contributed by atoms with Crippen LogP contribution in [0.1, 0.15) is 52.1 Å². The Kier molecular flexibility index (Phi) is 10.3. The summed E-state index contributed by atoms with van der Waals surface area (Å²) in [5, 5.41) is 2.77. The van der Waals surface area contributed by atoms with Crippen LogP contribution in [0.15, 0.2) is 55.7 Å². The van der Waals surface area contributed by atoms with Gasteiger partial charge in [-0.3, -0.25) is 4.79 Å². The Bertz CT molecular complexity index is 1640. The monoisotopic (exact) mass is 682 g/mol. The van der Waals surface area contributed by atoms with Crippen molar-refractivity contribution in [3.05, 3.63) is 61.4 Å². The first-order valence-electron chi connectivity index (χ1n) is 16.4. The summed E-state index contributed by atoms with van der Waals surface area (Å²) in [5.41, 5.74) is -1.16. The number of aromatic nitrogens is 2. The number of nitrogens with one attached hydrogen (secondary N) is 1. The fraction of sp³-hybridized carbons (Fsp3) is 0.528. The molecular formula is C36H44F2N4O7. The molecule has 7 atom stereocenters. The molecule has 3 aliphatic rings. The molecule has 2 aliphatic carbocycles. The quantitative estimate of drug-likeness (QED) is 0.220. The highest BCUT2D eigenvalue weighted by Gasteiger charge is 2.49. The van der Waals surface area contributed by atoms with Crippen LogP contribution in [0.4, 0.5) is 13.6 Å². The highest BCUT2D eigenvalue weighted by atomic mass is 19.3. The van der Waals surface area contributed by atoms with Crippen LogP contribution in [-0.4, -0.2) is 77.9 Å². The van der Waals surface area contributed by atoms with Crippen LogP contribution in [-0.2, 0) is 25.0 Å². The number of fused-ring (bicyclic) bond motifs is 2. The van der Waals surface area contributed by atoms with Gasteiger partial charge in [0.1, 0.15) is 30.0 Å². The SMILES string of the molecule is C=CCCC1C(OC(=O)NC(C(=O)N2CC(Oc3nc4cc(OC)ccc4nc3C(F)(F)C=C)CC2C(=O)OC)C(C)(C)C)CC2C=CC21. The maximum atomic E-state index is 15.1. The van der Waals surface area contributed by atoms with Gasteiger partial charge in [-0.25, -0.2) is 19.6 Å². The number of nitrogens with zero attached hydrogens (tertiary/aromatic N) is 3. The number of carbonyl (C=O) groups excluding carboxylic acids is 3. The number of hydrogen-bond donors (Lipinski definition) is 1. The number of methoxy groups -OCH3 is 2. The zero-order valence-corrected chi connectivity index (χ0v) is 28.5. The molecule has 2 amide bonds. The third-order valence-electron chi connectivity index (χ3n) is 9.60. The van der Waals surface area contributed by atoms with Crippen LogP contribution in [0.3, 0.4) is 0 Å². The number of allylic oxidation sites excluding steroid dienone is 4. The summed E-state index contributed by atoms with van der Waals surface area (Å²) in [7, 11) is 2.65. The molecule has 7 unspecified atom stereocenters. The molecule has 264 valence electrons. The summed E-state index contributed by atoms with van der Waals surface area (Å²) in [6.45, 7) is 12.2. The Labute approximate surface area is 284 Å². The summed E-state index contributed by atoms with van der Waals surface area (Å²) in [5.74, 6) is -4.09. The maximum Gasteiger partial charge on any atom is 0.408 e. The molecule has 1 saturated heterocycles. The molecule has 2 fully saturated rings. The first-order valence-corrected chi connectivity index (χ1v) is 16.4. The van der Waals surface area contributed by atoms with Gasteiger partial charge < -0.3 is 29.2 Å². The third-order valence-corrected chi connectivity index (χ3v) is 9.60. The van der Waals surface area contributed by atoms with E-state index in [0.717, 1.165) is 12.8 Å². The van der Waals surface area contributed by atoms with Gasteiger partial charge >= 0.3 is 18.0 Å².